The molecule has 2 saturated heterocycles. The molecule has 0 spiro atoms. The van der Waals surface area contributed by atoms with Gasteiger partial charge in [-0.05, 0) is 79.8 Å². The van der Waals surface area contributed by atoms with Crippen LogP contribution in [0.25, 0.3) is 11.1 Å². The summed E-state index contributed by atoms with van der Waals surface area (Å²) in [6, 6.07) is 10.7. The fraction of sp³-hybridized carbons (Fsp3) is 0.382. The highest BCUT2D eigenvalue weighted by Crippen LogP contribution is 2.31. The van der Waals surface area contributed by atoms with E-state index in [4.69, 9.17) is 4.74 Å². The Balaban J connectivity index is 1.44. The minimum Gasteiger partial charge on any atom is -0.380 e. The fourth-order valence-electron chi connectivity index (χ4n) is 5.91. The van der Waals surface area contributed by atoms with Gasteiger partial charge in [0.2, 0.25) is 5.91 Å². The summed E-state index contributed by atoms with van der Waals surface area (Å²) in [5.41, 5.74) is 5.61. The van der Waals surface area contributed by atoms with Crippen molar-refractivity contribution in [2.45, 2.75) is 46.3 Å². The van der Waals surface area contributed by atoms with Crippen LogP contribution in [-0.4, -0.2) is 72.0 Å². The van der Waals surface area contributed by atoms with Crippen molar-refractivity contribution in [3.8, 4) is 11.1 Å². The number of nitrogens with zero attached hydrogens (tertiary/aromatic N) is 2. The number of benzene rings is 2. The molecule has 0 radical (unpaired) electrons. The predicted molar refractivity (Wildman–Crippen MR) is 169 cm³/mol. The summed E-state index contributed by atoms with van der Waals surface area (Å²) in [5.74, 6) is -0.765. The van der Waals surface area contributed by atoms with Gasteiger partial charge in [-0.1, -0.05) is 18.7 Å². The molecule has 232 valence electrons. The molecule has 0 aliphatic carbocycles. The number of nitrogens with one attached hydrogen (secondary N) is 3. The molecule has 2 fully saturated rings. The van der Waals surface area contributed by atoms with Gasteiger partial charge in [-0.2, -0.15) is 0 Å². The lowest BCUT2D eigenvalue weighted by Crippen LogP contribution is -2.35. The molecule has 1 aromatic heterocycles. The number of anilines is 1. The van der Waals surface area contributed by atoms with Crippen molar-refractivity contribution >= 4 is 17.5 Å². The zero-order chi connectivity index (χ0) is 31.4. The molecule has 1 atom stereocenters. The van der Waals surface area contributed by atoms with E-state index in [2.05, 4.69) is 27.1 Å². The van der Waals surface area contributed by atoms with Gasteiger partial charge in [0.1, 0.15) is 5.82 Å². The van der Waals surface area contributed by atoms with Crippen LogP contribution in [0.1, 0.15) is 44.7 Å². The van der Waals surface area contributed by atoms with Gasteiger partial charge in [0.25, 0.3) is 11.5 Å². The van der Waals surface area contributed by atoms with Gasteiger partial charge >= 0.3 is 0 Å². The van der Waals surface area contributed by atoms with Crippen molar-refractivity contribution < 1.29 is 18.7 Å². The number of H-pyrrole nitrogens is 1. The largest absolute Gasteiger partial charge is 0.380 e. The Morgan fingerprint density at radius 1 is 1.09 bits per heavy atom. The predicted octanol–water partition coefficient (Wildman–Crippen LogP) is 4.07. The first-order valence-electron chi connectivity index (χ1n) is 15.0. The van der Waals surface area contributed by atoms with Crippen LogP contribution in [0.2, 0.25) is 0 Å². The summed E-state index contributed by atoms with van der Waals surface area (Å²) in [6.45, 7) is 13.6. The van der Waals surface area contributed by atoms with Gasteiger partial charge in [-0.15, -0.1) is 0 Å². The maximum Gasteiger partial charge on any atom is 0.253 e. The number of amides is 2. The first-order chi connectivity index (χ1) is 21.1. The standard InChI is InChI=1S/C34H40FN5O4/c1-5-32(41)40-9-8-27(20-40)38-31-17-26(24-6-7-25(30(35)16-24)19-39-10-12-44-13-11-39)15-28(23(31)4)33(42)36-18-29-21(2)14-22(3)37-34(29)43/h5-7,14-17,27,38H,1,8-13,18-20H2,2-4H3,(H,36,42)(H,37,43). The van der Waals surface area contributed by atoms with Gasteiger partial charge in [-0.3, -0.25) is 19.3 Å². The number of hydrogen-bond acceptors (Lipinski definition) is 6. The zero-order valence-electron chi connectivity index (χ0n) is 25.6. The molecule has 10 heteroatoms. The number of likely N-dealkylation sites (tertiary alicyclic amines) is 1. The van der Waals surface area contributed by atoms with Crippen molar-refractivity contribution in [1.29, 1.82) is 0 Å². The molecule has 3 aromatic rings. The minimum atomic E-state index is -0.342. The third-order valence-corrected chi connectivity index (χ3v) is 8.49. The maximum atomic E-state index is 15.4. The SMILES string of the molecule is C=CC(=O)N1CCC(Nc2cc(-c3ccc(CN4CCOCC4)c(F)c3)cc(C(=O)NCc3c(C)cc(C)[nH]c3=O)c2C)C1. The van der Waals surface area contributed by atoms with Crippen molar-refractivity contribution in [3.05, 3.63) is 98.7 Å². The Kier molecular flexibility index (Phi) is 9.61. The molecule has 5 rings (SSSR count). The van der Waals surface area contributed by atoms with Gasteiger partial charge in [0.05, 0.1) is 13.2 Å². The van der Waals surface area contributed by atoms with E-state index < -0.39 is 0 Å². The first-order valence-corrected chi connectivity index (χ1v) is 15.0. The number of aryl methyl sites for hydroxylation is 2. The number of aromatic amines is 1. The third-order valence-electron chi connectivity index (χ3n) is 8.49. The van der Waals surface area contributed by atoms with Crippen molar-refractivity contribution in [1.82, 2.24) is 20.1 Å². The number of aromatic nitrogens is 1. The van der Waals surface area contributed by atoms with Crippen LogP contribution < -0.4 is 16.2 Å². The molecular weight excluding hydrogens is 561 g/mol. The lowest BCUT2D eigenvalue weighted by molar-refractivity contribution is -0.125. The summed E-state index contributed by atoms with van der Waals surface area (Å²) < 4.78 is 20.8. The maximum absolute atomic E-state index is 15.4. The number of carbonyl (C=O) groups is 2. The molecule has 2 aliphatic rings. The molecule has 0 saturated carbocycles. The Morgan fingerprint density at radius 3 is 2.57 bits per heavy atom. The molecule has 0 bridgehead atoms. The van der Waals surface area contributed by atoms with Crippen LogP contribution >= 0.6 is 0 Å². The zero-order valence-corrected chi connectivity index (χ0v) is 25.6. The normalized spacial score (nSPS) is 17.0. The van der Waals surface area contributed by atoms with Crippen LogP contribution in [0.4, 0.5) is 10.1 Å². The van der Waals surface area contributed by atoms with Crippen LogP contribution in [0.15, 0.2) is 53.8 Å². The Morgan fingerprint density at radius 2 is 1.86 bits per heavy atom. The van der Waals surface area contributed by atoms with E-state index >= 15 is 4.39 Å². The van der Waals surface area contributed by atoms with E-state index in [-0.39, 0.29) is 35.8 Å². The second-order valence-electron chi connectivity index (χ2n) is 11.6. The topological polar surface area (TPSA) is 107 Å². The van der Waals surface area contributed by atoms with Gasteiger partial charge in [0, 0.05) is 73.4 Å². The third kappa shape index (κ3) is 7.09. The van der Waals surface area contributed by atoms with Crippen LogP contribution in [0.5, 0.6) is 0 Å². The van der Waals surface area contributed by atoms with Gasteiger partial charge in [-0.25, -0.2) is 4.39 Å². The lowest BCUT2D eigenvalue weighted by atomic mass is 9.96. The molecule has 3 N–H and O–H groups in total. The van der Waals surface area contributed by atoms with E-state index in [0.29, 0.717) is 60.7 Å². The Labute approximate surface area is 257 Å². The lowest BCUT2D eigenvalue weighted by Gasteiger charge is -2.26. The monoisotopic (exact) mass is 601 g/mol. The first kappa shape index (κ1) is 31.2. The van der Waals surface area contributed by atoms with E-state index in [9.17, 15) is 14.4 Å². The Hall–Kier alpha value is -4.28. The molecule has 9 nitrogen and oxygen atoms in total. The highest BCUT2D eigenvalue weighted by Gasteiger charge is 2.26. The molecule has 2 aliphatic heterocycles. The number of rotatable bonds is 9. The second kappa shape index (κ2) is 13.6. The summed E-state index contributed by atoms with van der Waals surface area (Å²) in [7, 11) is 0. The second-order valence-corrected chi connectivity index (χ2v) is 11.6. The average Bonchev–Trinajstić information content (AvgIpc) is 3.47. The molecule has 1 unspecified atom stereocenters. The van der Waals surface area contributed by atoms with Gasteiger partial charge in [0.15, 0.2) is 0 Å². The van der Waals surface area contributed by atoms with Crippen molar-refractivity contribution in [2.24, 2.45) is 0 Å². The van der Waals surface area contributed by atoms with E-state index in [1.807, 2.05) is 39.0 Å². The van der Waals surface area contributed by atoms with Crippen LogP contribution in [0, 0.1) is 26.6 Å². The summed E-state index contributed by atoms with van der Waals surface area (Å²) in [6.07, 6.45) is 2.06. The summed E-state index contributed by atoms with van der Waals surface area (Å²) >= 11 is 0. The van der Waals surface area contributed by atoms with E-state index in [1.165, 1.54) is 12.1 Å². The molecule has 2 aromatic carbocycles. The number of morpholine rings is 1. The molecule has 44 heavy (non-hydrogen) atoms. The number of pyridine rings is 1. The highest BCUT2D eigenvalue weighted by atomic mass is 19.1. The van der Waals surface area contributed by atoms with Crippen molar-refractivity contribution in [3.63, 3.8) is 0 Å². The quantitative estimate of drug-likeness (QED) is 0.320. The molecule has 2 amide bonds. The summed E-state index contributed by atoms with van der Waals surface area (Å²) in [4.78, 5) is 45.0. The van der Waals surface area contributed by atoms with Crippen LogP contribution in [-0.2, 0) is 22.6 Å². The minimum absolute atomic E-state index is 0.0230. The fourth-order valence-corrected chi connectivity index (χ4v) is 5.91. The number of ether oxygens (including phenoxy) is 1. The number of halogens is 1. The van der Waals surface area contributed by atoms with Crippen molar-refractivity contribution in [2.75, 3.05) is 44.7 Å². The van der Waals surface area contributed by atoms with Gasteiger partial charge < -0.3 is 25.3 Å². The van der Waals surface area contributed by atoms with E-state index in [0.717, 1.165) is 42.0 Å². The smallest absolute Gasteiger partial charge is 0.253 e. The molecular formula is C34H40FN5O4. The number of hydrogen-bond donors (Lipinski definition) is 3. The average molecular weight is 602 g/mol. The van der Waals surface area contributed by atoms with Crippen LogP contribution in [0.3, 0.4) is 0 Å². The molecule has 3 heterocycles. The summed E-state index contributed by atoms with van der Waals surface area (Å²) in [5, 5.41) is 6.44. The number of carbonyl (C=O) groups excluding carboxylic acids is 2. The Bertz CT molecular complexity index is 1630. The highest BCUT2D eigenvalue weighted by molar-refractivity contribution is 5.99. The van der Waals surface area contributed by atoms with E-state index in [1.54, 1.807) is 17.0 Å².